The van der Waals surface area contributed by atoms with E-state index in [2.05, 4.69) is 26.2 Å². The Kier molecular flexibility index (Phi) is 2.74. The molecule has 0 radical (unpaired) electrons. The monoisotopic (exact) mass is 183 g/mol. The average molecular weight is 183 g/mol. The molecule has 0 aromatic carbocycles. The molecule has 1 saturated heterocycles. The fraction of sp³-hybridized carbons (Fsp3) is 0.800. The maximum atomic E-state index is 11.6. The molecule has 3 heteroatoms. The van der Waals surface area contributed by atoms with Crippen LogP contribution in [0.4, 0.5) is 0 Å². The Labute approximate surface area is 79.8 Å². The summed E-state index contributed by atoms with van der Waals surface area (Å²) in [7, 11) is 0. The van der Waals surface area contributed by atoms with Gasteiger partial charge in [-0.05, 0) is 5.92 Å². The third-order valence-electron chi connectivity index (χ3n) is 2.66. The van der Waals surface area contributed by atoms with Crippen molar-refractivity contribution in [3.8, 4) is 0 Å². The number of hydrogen-bond acceptors (Lipinski definition) is 1. The summed E-state index contributed by atoms with van der Waals surface area (Å²) in [6, 6.07) is 0.275. The minimum absolute atomic E-state index is 0.120. The minimum Gasteiger partial charge on any atom is -0.269 e. The summed E-state index contributed by atoms with van der Waals surface area (Å²) < 4.78 is 1.97. The summed E-state index contributed by atoms with van der Waals surface area (Å²) in [6.07, 6.45) is 0. The summed E-state index contributed by atoms with van der Waals surface area (Å²) in [4.78, 5) is 11.6. The van der Waals surface area contributed by atoms with Gasteiger partial charge in [0.1, 0.15) is 5.92 Å². The van der Waals surface area contributed by atoms with Crippen molar-refractivity contribution in [2.75, 3.05) is 0 Å². The molecule has 1 amide bonds. The predicted octanol–water partition coefficient (Wildman–Crippen LogP) is 1.19. The fourth-order valence-corrected chi connectivity index (χ4v) is 2.05. The van der Waals surface area contributed by atoms with E-state index in [4.69, 9.17) is 0 Å². The maximum Gasteiger partial charge on any atom is 0.284 e. The van der Waals surface area contributed by atoms with Gasteiger partial charge in [-0.15, -0.1) is 10.1 Å². The van der Waals surface area contributed by atoms with Gasteiger partial charge in [0.2, 0.25) is 0 Å². The molecule has 0 aromatic heterocycles. The van der Waals surface area contributed by atoms with Crippen LogP contribution < -0.4 is 5.43 Å². The highest BCUT2D eigenvalue weighted by Crippen LogP contribution is 2.22. The van der Waals surface area contributed by atoms with E-state index in [1.54, 1.807) is 0 Å². The zero-order chi connectivity index (χ0) is 10.2. The lowest BCUT2D eigenvalue weighted by Gasteiger charge is -2.10. The molecule has 0 aliphatic carbocycles. The predicted molar refractivity (Wildman–Crippen MR) is 52.5 cm³/mol. The van der Waals surface area contributed by atoms with E-state index in [9.17, 15) is 4.79 Å². The van der Waals surface area contributed by atoms with Gasteiger partial charge in [-0.25, -0.2) is 0 Å². The van der Waals surface area contributed by atoms with Crippen LogP contribution in [0.25, 0.3) is 0 Å². The first kappa shape index (κ1) is 10.2. The SMILES string of the molecule is CC(C)=[N+]1NC(=O)C(C(C)C)C1C. The van der Waals surface area contributed by atoms with Gasteiger partial charge < -0.3 is 0 Å². The van der Waals surface area contributed by atoms with Crippen molar-refractivity contribution in [1.82, 2.24) is 5.43 Å². The highest BCUT2D eigenvalue weighted by Gasteiger charge is 2.44. The van der Waals surface area contributed by atoms with Crippen LogP contribution in [-0.4, -0.2) is 22.3 Å². The van der Waals surface area contributed by atoms with Crippen molar-refractivity contribution in [2.24, 2.45) is 11.8 Å². The number of hydrazone groups is 1. The van der Waals surface area contributed by atoms with Crippen molar-refractivity contribution in [3.05, 3.63) is 0 Å². The Morgan fingerprint density at radius 1 is 1.46 bits per heavy atom. The molecular weight excluding hydrogens is 164 g/mol. The summed E-state index contributed by atoms with van der Waals surface area (Å²) in [5.41, 5.74) is 4.03. The Morgan fingerprint density at radius 2 is 2.00 bits per heavy atom. The van der Waals surface area contributed by atoms with Crippen molar-refractivity contribution in [1.29, 1.82) is 0 Å². The molecule has 0 saturated carbocycles. The van der Waals surface area contributed by atoms with Crippen molar-refractivity contribution < 1.29 is 9.48 Å². The molecule has 2 unspecified atom stereocenters. The van der Waals surface area contributed by atoms with Crippen LogP contribution in [0, 0.1) is 11.8 Å². The standard InChI is InChI=1S/C10H18N2O/c1-6(2)9-8(5)12(7(3)4)11-10(9)13/h6,8-9H,1-5H3/p+1. The highest BCUT2D eigenvalue weighted by molar-refractivity contribution is 5.82. The summed E-state index contributed by atoms with van der Waals surface area (Å²) in [5, 5.41) is 0. The zero-order valence-corrected chi connectivity index (χ0v) is 9.09. The highest BCUT2D eigenvalue weighted by atomic mass is 16.2. The quantitative estimate of drug-likeness (QED) is 0.608. The lowest BCUT2D eigenvalue weighted by atomic mass is 9.90. The number of rotatable bonds is 1. The van der Waals surface area contributed by atoms with Gasteiger partial charge in [-0.3, -0.25) is 4.79 Å². The Morgan fingerprint density at radius 3 is 2.23 bits per heavy atom. The summed E-state index contributed by atoms with van der Waals surface area (Å²) in [5.74, 6) is 0.679. The van der Waals surface area contributed by atoms with Crippen LogP contribution in [0.1, 0.15) is 34.6 Å². The van der Waals surface area contributed by atoms with Crippen LogP contribution in [0.2, 0.25) is 0 Å². The number of hydrazine groups is 1. The topological polar surface area (TPSA) is 32.1 Å². The molecule has 13 heavy (non-hydrogen) atoms. The third kappa shape index (κ3) is 1.74. The summed E-state index contributed by atoms with van der Waals surface area (Å²) in [6.45, 7) is 10.3. The van der Waals surface area contributed by atoms with Crippen LogP contribution in [-0.2, 0) is 4.79 Å². The van der Waals surface area contributed by atoms with Crippen LogP contribution in [0.3, 0.4) is 0 Å². The molecular formula is C10H19N2O+. The Hall–Kier alpha value is -0.860. The lowest BCUT2D eigenvalue weighted by Crippen LogP contribution is -2.31. The lowest BCUT2D eigenvalue weighted by molar-refractivity contribution is -0.594. The average Bonchev–Trinajstić information content (AvgIpc) is 2.26. The smallest absolute Gasteiger partial charge is 0.269 e. The number of hydrogen-bond donors (Lipinski definition) is 1. The fourth-order valence-electron chi connectivity index (χ4n) is 2.05. The van der Waals surface area contributed by atoms with Gasteiger partial charge in [-0.2, -0.15) is 0 Å². The van der Waals surface area contributed by atoms with Crippen LogP contribution >= 0.6 is 0 Å². The normalized spacial score (nSPS) is 28.2. The largest absolute Gasteiger partial charge is 0.284 e. The van der Waals surface area contributed by atoms with Crippen molar-refractivity contribution in [2.45, 2.75) is 40.7 Å². The van der Waals surface area contributed by atoms with E-state index in [1.807, 2.05) is 18.5 Å². The maximum absolute atomic E-state index is 11.6. The molecule has 74 valence electrons. The molecule has 0 bridgehead atoms. The molecule has 3 nitrogen and oxygen atoms in total. The second-order valence-corrected chi connectivity index (χ2v) is 4.30. The first-order chi connectivity index (χ1) is 5.95. The second-order valence-electron chi connectivity index (χ2n) is 4.30. The molecule has 0 spiro atoms. The van der Waals surface area contributed by atoms with Gasteiger partial charge >= 0.3 is 0 Å². The molecule has 0 aromatic rings. The van der Waals surface area contributed by atoms with E-state index in [-0.39, 0.29) is 17.9 Å². The Bertz CT molecular complexity index is 252. The number of nitrogens with zero attached hydrogens (tertiary/aromatic N) is 1. The van der Waals surface area contributed by atoms with Gasteiger partial charge in [0, 0.05) is 20.8 Å². The van der Waals surface area contributed by atoms with E-state index in [0.717, 1.165) is 5.71 Å². The third-order valence-corrected chi connectivity index (χ3v) is 2.66. The van der Waals surface area contributed by atoms with Crippen LogP contribution in [0.5, 0.6) is 0 Å². The molecule has 1 N–H and O–H groups in total. The van der Waals surface area contributed by atoms with Gasteiger partial charge in [0.05, 0.1) is 0 Å². The number of carbonyl (C=O) groups excluding carboxylic acids is 1. The van der Waals surface area contributed by atoms with Crippen molar-refractivity contribution in [3.63, 3.8) is 0 Å². The first-order valence-electron chi connectivity index (χ1n) is 4.85. The molecule has 1 heterocycles. The van der Waals surface area contributed by atoms with E-state index < -0.39 is 0 Å². The molecule has 1 aliphatic heterocycles. The van der Waals surface area contributed by atoms with Gasteiger partial charge in [0.25, 0.3) is 5.91 Å². The molecule has 1 rings (SSSR count). The second kappa shape index (κ2) is 3.48. The van der Waals surface area contributed by atoms with Gasteiger partial charge in [0.15, 0.2) is 11.8 Å². The van der Waals surface area contributed by atoms with E-state index in [0.29, 0.717) is 5.92 Å². The van der Waals surface area contributed by atoms with E-state index in [1.165, 1.54) is 0 Å². The summed E-state index contributed by atoms with van der Waals surface area (Å²) >= 11 is 0. The zero-order valence-electron chi connectivity index (χ0n) is 9.09. The van der Waals surface area contributed by atoms with Gasteiger partial charge in [-0.1, -0.05) is 13.8 Å². The van der Waals surface area contributed by atoms with Crippen molar-refractivity contribution >= 4 is 11.6 Å². The molecule has 1 fully saturated rings. The first-order valence-corrected chi connectivity index (χ1v) is 4.85. The number of nitrogens with one attached hydrogen (secondary N) is 1. The number of amides is 1. The minimum atomic E-state index is 0.120. The molecule has 2 atom stereocenters. The number of carbonyl (C=O) groups is 1. The molecule has 1 aliphatic rings. The van der Waals surface area contributed by atoms with E-state index >= 15 is 0 Å². The van der Waals surface area contributed by atoms with Crippen LogP contribution in [0.15, 0.2) is 0 Å². The Balaban J connectivity index is 2.95.